The van der Waals surface area contributed by atoms with Crippen molar-refractivity contribution in [2.24, 2.45) is 7.05 Å². The Morgan fingerprint density at radius 1 is 1.28 bits per heavy atom. The van der Waals surface area contributed by atoms with E-state index in [4.69, 9.17) is 0 Å². The molecule has 0 aliphatic heterocycles. The lowest BCUT2D eigenvalue weighted by Crippen LogP contribution is -2.42. The van der Waals surface area contributed by atoms with Crippen LogP contribution in [-0.4, -0.2) is 21.7 Å². The van der Waals surface area contributed by atoms with Gasteiger partial charge < -0.3 is 9.88 Å². The molecule has 0 spiro atoms. The van der Waals surface area contributed by atoms with Crippen LogP contribution in [0, 0.1) is 0 Å². The molecule has 1 aromatic rings. The molecule has 0 amide bonds. The highest BCUT2D eigenvalue weighted by Gasteiger charge is 2.12. The van der Waals surface area contributed by atoms with Gasteiger partial charge in [-0.25, -0.2) is 4.79 Å². The Morgan fingerprint density at radius 3 is 2.72 bits per heavy atom. The number of hydrogen-bond donors (Lipinski definition) is 1. The Morgan fingerprint density at radius 2 is 2.00 bits per heavy atom. The van der Waals surface area contributed by atoms with E-state index in [0.717, 1.165) is 0 Å². The van der Waals surface area contributed by atoms with Crippen LogP contribution >= 0.6 is 0 Å². The molecular weight excluding hydrogens is 230 g/mol. The van der Waals surface area contributed by atoms with Crippen LogP contribution in [0.1, 0.15) is 32.1 Å². The summed E-state index contributed by atoms with van der Waals surface area (Å²) in [6, 6.07) is 1.99. The second-order valence-electron chi connectivity index (χ2n) is 4.99. The second-order valence-corrected chi connectivity index (χ2v) is 4.99. The first kappa shape index (κ1) is 13.1. The van der Waals surface area contributed by atoms with Gasteiger partial charge in [-0.2, -0.15) is 0 Å². The van der Waals surface area contributed by atoms with Gasteiger partial charge in [0.25, 0.3) is 5.56 Å². The van der Waals surface area contributed by atoms with E-state index < -0.39 is 0 Å². The Hall–Kier alpha value is -1.36. The Balaban J connectivity index is 1.92. The lowest BCUT2D eigenvalue weighted by atomic mass is 9.95. The SMILES string of the molecule is Cn1ccc(=O)n(CCNC2CCCCC2)c1=O. The molecule has 1 aromatic heterocycles. The maximum atomic E-state index is 11.8. The molecule has 0 saturated heterocycles. The monoisotopic (exact) mass is 251 g/mol. The molecule has 0 atom stereocenters. The topological polar surface area (TPSA) is 56.0 Å². The van der Waals surface area contributed by atoms with Gasteiger partial charge in [0.15, 0.2) is 0 Å². The number of rotatable bonds is 4. The van der Waals surface area contributed by atoms with Gasteiger partial charge in [0.05, 0.1) is 0 Å². The van der Waals surface area contributed by atoms with Gasteiger partial charge in [0.2, 0.25) is 0 Å². The highest BCUT2D eigenvalue weighted by Crippen LogP contribution is 2.16. The molecule has 5 nitrogen and oxygen atoms in total. The first-order chi connectivity index (χ1) is 8.68. The molecule has 0 aromatic carbocycles. The van der Waals surface area contributed by atoms with Gasteiger partial charge in [-0.3, -0.25) is 9.36 Å². The zero-order valence-corrected chi connectivity index (χ0v) is 10.9. The normalized spacial score (nSPS) is 16.9. The van der Waals surface area contributed by atoms with Gasteiger partial charge in [0, 0.05) is 38.4 Å². The van der Waals surface area contributed by atoms with E-state index in [-0.39, 0.29) is 11.2 Å². The van der Waals surface area contributed by atoms with Crippen molar-refractivity contribution in [2.75, 3.05) is 6.54 Å². The fourth-order valence-corrected chi connectivity index (χ4v) is 2.51. The van der Waals surface area contributed by atoms with Crippen molar-refractivity contribution in [3.63, 3.8) is 0 Å². The summed E-state index contributed by atoms with van der Waals surface area (Å²) < 4.78 is 2.72. The first-order valence-electron chi connectivity index (χ1n) is 6.68. The summed E-state index contributed by atoms with van der Waals surface area (Å²) in [5.74, 6) is 0. The van der Waals surface area contributed by atoms with Crippen molar-refractivity contribution >= 4 is 0 Å². The lowest BCUT2D eigenvalue weighted by molar-refractivity contribution is 0.365. The Labute approximate surface area is 106 Å². The molecule has 0 bridgehead atoms. The van der Waals surface area contributed by atoms with Crippen LogP contribution in [0.15, 0.2) is 21.9 Å². The Kier molecular flexibility index (Phi) is 4.36. The van der Waals surface area contributed by atoms with E-state index in [1.807, 2.05) is 0 Å². The van der Waals surface area contributed by atoms with Crippen LogP contribution in [0.4, 0.5) is 0 Å². The third kappa shape index (κ3) is 3.10. The van der Waals surface area contributed by atoms with Crippen molar-refractivity contribution < 1.29 is 0 Å². The molecule has 1 aliphatic rings. The zero-order valence-electron chi connectivity index (χ0n) is 10.9. The van der Waals surface area contributed by atoms with Gasteiger partial charge in [-0.05, 0) is 12.8 Å². The van der Waals surface area contributed by atoms with Gasteiger partial charge in [-0.15, -0.1) is 0 Å². The maximum Gasteiger partial charge on any atom is 0.330 e. The van der Waals surface area contributed by atoms with E-state index in [1.165, 1.54) is 53.5 Å². The molecule has 0 radical (unpaired) electrons. The summed E-state index contributed by atoms with van der Waals surface area (Å²) in [6.07, 6.45) is 7.82. The minimum atomic E-state index is -0.243. The van der Waals surface area contributed by atoms with Crippen LogP contribution in [-0.2, 0) is 13.6 Å². The highest BCUT2D eigenvalue weighted by molar-refractivity contribution is 4.85. The summed E-state index contributed by atoms with van der Waals surface area (Å²) in [7, 11) is 1.66. The van der Waals surface area contributed by atoms with Crippen molar-refractivity contribution in [1.82, 2.24) is 14.5 Å². The van der Waals surface area contributed by atoms with Crippen LogP contribution in [0.25, 0.3) is 0 Å². The number of hydrogen-bond acceptors (Lipinski definition) is 3. The average Bonchev–Trinajstić information content (AvgIpc) is 2.39. The smallest absolute Gasteiger partial charge is 0.312 e. The fourth-order valence-electron chi connectivity index (χ4n) is 2.51. The molecule has 1 aliphatic carbocycles. The highest BCUT2D eigenvalue weighted by atomic mass is 16.2. The van der Waals surface area contributed by atoms with Crippen LogP contribution in [0.3, 0.4) is 0 Å². The van der Waals surface area contributed by atoms with E-state index in [0.29, 0.717) is 19.1 Å². The summed E-state index contributed by atoms with van der Waals surface area (Å²) in [5, 5.41) is 3.44. The summed E-state index contributed by atoms with van der Waals surface area (Å²) in [5.41, 5.74) is -0.462. The molecule has 100 valence electrons. The van der Waals surface area contributed by atoms with Crippen molar-refractivity contribution in [2.45, 2.75) is 44.7 Å². The largest absolute Gasteiger partial charge is 0.330 e. The molecule has 0 unspecified atom stereocenters. The van der Waals surface area contributed by atoms with Crippen molar-refractivity contribution in [1.29, 1.82) is 0 Å². The van der Waals surface area contributed by atoms with E-state index in [1.54, 1.807) is 7.05 Å². The third-order valence-corrected chi connectivity index (χ3v) is 3.61. The van der Waals surface area contributed by atoms with Crippen molar-refractivity contribution in [3.8, 4) is 0 Å². The first-order valence-corrected chi connectivity index (χ1v) is 6.68. The Bertz CT molecular complexity index is 498. The molecule has 5 heteroatoms. The quantitative estimate of drug-likeness (QED) is 0.846. The second kappa shape index (κ2) is 6.00. The van der Waals surface area contributed by atoms with Crippen LogP contribution in [0.5, 0.6) is 0 Å². The van der Waals surface area contributed by atoms with E-state index >= 15 is 0 Å². The van der Waals surface area contributed by atoms with E-state index in [9.17, 15) is 9.59 Å². The maximum absolute atomic E-state index is 11.8. The molecule has 1 N–H and O–H groups in total. The lowest BCUT2D eigenvalue weighted by Gasteiger charge is -2.22. The van der Waals surface area contributed by atoms with Crippen LogP contribution in [0.2, 0.25) is 0 Å². The number of aryl methyl sites for hydroxylation is 1. The van der Waals surface area contributed by atoms with Crippen molar-refractivity contribution in [3.05, 3.63) is 33.1 Å². The molecule has 1 saturated carbocycles. The minimum Gasteiger partial charge on any atom is -0.312 e. The minimum absolute atomic E-state index is 0.219. The molecular formula is C13H21N3O2. The van der Waals surface area contributed by atoms with Crippen LogP contribution < -0.4 is 16.6 Å². The number of nitrogens with one attached hydrogen (secondary N) is 1. The third-order valence-electron chi connectivity index (χ3n) is 3.61. The van der Waals surface area contributed by atoms with Gasteiger partial charge in [-0.1, -0.05) is 19.3 Å². The molecule has 1 heterocycles. The zero-order chi connectivity index (χ0) is 13.0. The number of aromatic nitrogens is 2. The number of nitrogens with zero attached hydrogens (tertiary/aromatic N) is 2. The average molecular weight is 251 g/mol. The van der Waals surface area contributed by atoms with Gasteiger partial charge in [0.1, 0.15) is 0 Å². The standard InChI is InChI=1S/C13H21N3O2/c1-15-9-7-12(17)16(13(15)18)10-8-14-11-5-3-2-4-6-11/h7,9,11,14H,2-6,8,10H2,1H3. The molecule has 1 fully saturated rings. The molecule has 18 heavy (non-hydrogen) atoms. The summed E-state index contributed by atoms with van der Waals surface area (Å²) in [4.78, 5) is 23.4. The van der Waals surface area contributed by atoms with E-state index in [2.05, 4.69) is 5.32 Å². The predicted octanol–water partition coefficient (Wildman–Crippen LogP) is 0.469. The summed E-state index contributed by atoms with van der Waals surface area (Å²) in [6.45, 7) is 1.13. The fraction of sp³-hybridized carbons (Fsp3) is 0.692. The van der Waals surface area contributed by atoms with Gasteiger partial charge >= 0.3 is 5.69 Å². The predicted molar refractivity (Wildman–Crippen MR) is 70.8 cm³/mol. The summed E-state index contributed by atoms with van der Waals surface area (Å²) >= 11 is 0. The molecule has 2 rings (SSSR count).